The molecule has 0 spiro atoms. The molecule has 0 aliphatic carbocycles. The number of carbonyl (C=O) groups is 1. The number of likely N-dealkylation sites (tertiary alicyclic amines) is 1. The summed E-state index contributed by atoms with van der Waals surface area (Å²) in [6.45, 7) is 2.54. The molecule has 0 radical (unpaired) electrons. The molecule has 1 atom stereocenters. The van der Waals surface area contributed by atoms with Gasteiger partial charge in [0.05, 0.1) is 39.7 Å². The number of amides is 1. The Balaban J connectivity index is 1.44. The van der Waals surface area contributed by atoms with Gasteiger partial charge in [0, 0.05) is 18.5 Å². The summed E-state index contributed by atoms with van der Waals surface area (Å²) in [5.74, 6) is 2.77. The van der Waals surface area contributed by atoms with Gasteiger partial charge in [-0.2, -0.15) is 0 Å². The van der Waals surface area contributed by atoms with E-state index >= 15 is 0 Å². The van der Waals surface area contributed by atoms with Gasteiger partial charge in [-0.3, -0.25) is 9.69 Å². The van der Waals surface area contributed by atoms with E-state index in [1.807, 2.05) is 6.07 Å². The van der Waals surface area contributed by atoms with Crippen LogP contribution in [0.5, 0.6) is 23.0 Å². The summed E-state index contributed by atoms with van der Waals surface area (Å²) in [5.41, 5.74) is 1.79. The molecule has 2 heterocycles. The SMILES string of the molecule is COc1ccc(NC(=O)CN2CCC[C@H]2c2ccc3c(c2)OCCCO3)c(OC)c1. The lowest BCUT2D eigenvalue weighted by atomic mass is 10.0. The number of anilines is 1. The Labute approximate surface area is 176 Å². The van der Waals surface area contributed by atoms with Gasteiger partial charge in [0.25, 0.3) is 0 Å². The van der Waals surface area contributed by atoms with Crippen LogP contribution >= 0.6 is 0 Å². The summed E-state index contributed by atoms with van der Waals surface area (Å²) in [7, 11) is 3.17. The molecule has 1 fully saturated rings. The Morgan fingerprint density at radius 2 is 1.90 bits per heavy atom. The summed E-state index contributed by atoms with van der Waals surface area (Å²) >= 11 is 0. The van der Waals surface area contributed by atoms with Crippen LogP contribution in [0, 0.1) is 0 Å². The Morgan fingerprint density at radius 3 is 2.70 bits per heavy atom. The Bertz CT molecular complexity index is 901. The van der Waals surface area contributed by atoms with E-state index in [1.165, 1.54) is 0 Å². The van der Waals surface area contributed by atoms with Gasteiger partial charge in [-0.05, 0) is 49.2 Å². The second kappa shape index (κ2) is 9.26. The van der Waals surface area contributed by atoms with E-state index in [4.69, 9.17) is 18.9 Å². The number of ether oxygens (including phenoxy) is 4. The summed E-state index contributed by atoms with van der Waals surface area (Å²) in [4.78, 5) is 15.0. The van der Waals surface area contributed by atoms with Gasteiger partial charge in [0.2, 0.25) is 5.91 Å². The van der Waals surface area contributed by atoms with Gasteiger partial charge in [0.1, 0.15) is 11.5 Å². The molecule has 160 valence electrons. The first-order valence-corrected chi connectivity index (χ1v) is 10.3. The zero-order chi connectivity index (χ0) is 20.9. The second-order valence-corrected chi connectivity index (χ2v) is 7.50. The molecule has 1 saturated heterocycles. The molecule has 0 aromatic heterocycles. The largest absolute Gasteiger partial charge is 0.497 e. The van der Waals surface area contributed by atoms with Gasteiger partial charge in [-0.15, -0.1) is 0 Å². The number of methoxy groups -OCH3 is 2. The topological polar surface area (TPSA) is 69.3 Å². The number of nitrogens with one attached hydrogen (secondary N) is 1. The molecule has 30 heavy (non-hydrogen) atoms. The van der Waals surface area contributed by atoms with E-state index < -0.39 is 0 Å². The highest BCUT2D eigenvalue weighted by molar-refractivity contribution is 5.93. The highest BCUT2D eigenvalue weighted by Gasteiger charge is 2.29. The van der Waals surface area contributed by atoms with Gasteiger partial charge < -0.3 is 24.3 Å². The van der Waals surface area contributed by atoms with Crippen molar-refractivity contribution < 1.29 is 23.7 Å². The number of fused-ring (bicyclic) bond motifs is 1. The third-order valence-electron chi connectivity index (χ3n) is 5.55. The Hall–Kier alpha value is -2.93. The molecule has 2 aromatic rings. The van der Waals surface area contributed by atoms with Crippen molar-refractivity contribution in [2.75, 3.05) is 45.8 Å². The van der Waals surface area contributed by atoms with Crippen molar-refractivity contribution in [1.29, 1.82) is 0 Å². The first kappa shape index (κ1) is 20.3. The van der Waals surface area contributed by atoms with Gasteiger partial charge in [-0.1, -0.05) is 6.07 Å². The lowest BCUT2D eigenvalue weighted by Crippen LogP contribution is -2.33. The molecule has 7 heteroatoms. The normalized spacial score (nSPS) is 18.5. The van der Waals surface area contributed by atoms with Crippen molar-refractivity contribution in [2.24, 2.45) is 0 Å². The molecule has 2 aromatic carbocycles. The standard InChI is InChI=1S/C23H28N2O5/c1-27-17-7-8-18(21(14-17)28-2)24-23(26)15-25-10-3-5-19(25)16-6-9-20-22(13-16)30-12-4-11-29-20/h6-9,13-14,19H,3-5,10-12,15H2,1-2H3,(H,24,26)/t19-/m0/s1. The molecular weight excluding hydrogens is 384 g/mol. The summed E-state index contributed by atoms with van der Waals surface area (Å²) in [6, 6.07) is 11.7. The van der Waals surface area contributed by atoms with Crippen LogP contribution in [0.25, 0.3) is 0 Å². The Kier molecular flexibility index (Phi) is 6.28. The lowest BCUT2D eigenvalue weighted by molar-refractivity contribution is -0.117. The van der Waals surface area contributed by atoms with E-state index in [1.54, 1.807) is 32.4 Å². The molecule has 0 unspecified atom stereocenters. The van der Waals surface area contributed by atoms with Crippen LogP contribution in [0.4, 0.5) is 5.69 Å². The van der Waals surface area contributed by atoms with Gasteiger partial charge in [0.15, 0.2) is 11.5 Å². The minimum absolute atomic E-state index is 0.0697. The minimum Gasteiger partial charge on any atom is -0.497 e. The molecular formula is C23H28N2O5. The minimum atomic E-state index is -0.0697. The molecule has 2 aliphatic rings. The Morgan fingerprint density at radius 1 is 1.07 bits per heavy atom. The van der Waals surface area contributed by atoms with Crippen LogP contribution in [-0.4, -0.2) is 51.3 Å². The lowest BCUT2D eigenvalue weighted by Gasteiger charge is -2.25. The van der Waals surface area contributed by atoms with Crippen LogP contribution in [0.1, 0.15) is 30.9 Å². The fourth-order valence-electron chi connectivity index (χ4n) is 4.06. The van der Waals surface area contributed by atoms with Gasteiger partial charge >= 0.3 is 0 Å². The first-order valence-electron chi connectivity index (χ1n) is 10.3. The average molecular weight is 412 g/mol. The van der Waals surface area contributed by atoms with E-state index in [9.17, 15) is 4.79 Å². The van der Waals surface area contributed by atoms with E-state index in [0.717, 1.165) is 42.9 Å². The molecule has 0 saturated carbocycles. The zero-order valence-corrected chi connectivity index (χ0v) is 17.5. The molecule has 7 nitrogen and oxygen atoms in total. The number of rotatable bonds is 6. The maximum absolute atomic E-state index is 12.8. The number of hydrogen-bond donors (Lipinski definition) is 1. The smallest absolute Gasteiger partial charge is 0.238 e. The van der Waals surface area contributed by atoms with E-state index in [2.05, 4.69) is 22.3 Å². The number of benzene rings is 2. The van der Waals surface area contributed by atoms with Crippen molar-refractivity contribution >= 4 is 11.6 Å². The second-order valence-electron chi connectivity index (χ2n) is 7.50. The van der Waals surface area contributed by atoms with Crippen LogP contribution in [0.15, 0.2) is 36.4 Å². The quantitative estimate of drug-likeness (QED) is 0.781. The van der Waals surface area contributed by atoms with Crippen molar-refractivity contribution in [1.82, 2.24) is 4.90 Å². The van der Waals surface area contributed by atoms with Crippen LogP contribution in [-0.2, 0) is 4.79 Å². The fraction of sp³-hybridized carbons (Fsp3) is 0.435. The predicted octanol–water partition coefficient (Wildman–Crippen LogP) is 3.64. The van der Waals surface area contributed by atoms with Crippen LogP contribution < -0.4 is 24.3 Å². The molecule has 1 amide bonds. The highest BCUT2D eigenvalue weighted by Crippen LogP contribution is 2.38. The average Bonchev–Trinajstić information content (AvgIpc) is 3.09. The van der Waals surface area contributed by atoms with Crippen molar-refractivity contribution in [3.8, 4) is 23.0 Å². The molecule has 0 bridgehead atoms. The fourth-order valence-corrected chi connectivity index (χ4v) is 4.06. The third kappa shape index (κ3) is 4.46. The van der Waals surface area contributed by atoms with E-state index in [-0.39, 0.29) is 11.9 Å². The third-order valence-corrected chi connectivity index (χ3v) is 5.55. The predicted molar refractivity (Wildman–Crippen MR) is 114 cm³/mol. The van der Waals surface area contributed by atoms with Crippen LogP contribution in [0.3, 0.4) is 0 Å². The molecule has 2 aliphatic heterocycles. The van der Waals surface area contributed by atoms with Gasteiger partial charge in [-0.25, -0.2) is 0 Å². The summed E-state index contributed by atoms with van der Waals surface area (Å²) < 4.78 is 22.2. The maximum atomic E-state index is 12.8. The maximum Gasteiger partial charge on any atom is 0.238 e. The number of nitrogens with zero attached hydrogens (tertiary/aromatic N) is 1. The number of carbonyl (C=O) groups excluding carboxylic acids is 1. The monoisotopic (exact) mass is 412 g/mol. The first-order chi connectivity index (χ1) is 14.7. The molecule has 1 N–H and O–H groups in total. The summed E-state index contributed by atoms with van der Waals surface area (Å²) in [6.07, 6.45) is 2.95. The van der Waals surface area contributed by atoms with Crippen molar-refractivity contribution in [3.63, 3.8) is 0 Å². The van der Waals surface area contributed by atoms with Crippen molar-refractivity contribution in [2.45, 2.75) is 25.3 Å². The summed E-state index contributed by atoms with van der Waals surface area (Å²) in [5, 5.41) is 2.96. The zero-order valence-electron chi connectivity index (χ0n) is 17.5. The van der Waals surface area contributed by atoms with Crippen molar-refractivity contribution in [3.05, 3.63) is 42.0 Å². The van der Waals surface area contributed by atoms with Crippen LogP contribution in [0.2, 0.25) is 0 Å². The molecule has 4 rings (SSSR count). The van der Waals surface area contributed by atoms with E-state index in [0.29, 0.717) is 36.9 Å². The number of hydrogen-bond acceptors (Lipinski definition) is 6. The highest BCUT2D eigenvalue weighted by atomic mass is 16.5.